The molecular formula is C14H20N2O3. The van der Waals surface area contributed by atoms with E-state index in [-0.39, 0.29) is 12.5 Å². The molecule has 0 aromatic heterocycles. The van der Waals surface area contributed by atoms with E-state index >= 15 is 0 Å². The van der Waals surface area contributed by atoms with Crippen molar-refractivity contribution in [3.8, 4) is 5.75 Å². The first-order valence-corrected chi connectivity index (χ1v) is 6.36. The first-order chi connectivity index (χ1) is 9.19. The smallest absolute Gasteiger partial charge is 0.257 e. The minimum absolute atomic E-state index is 0.0422. The number of oxime groups is 1. The third kappa shape index (κ3) is 4.99. The van der Waals surface area contributed by atoms with E-state index in [4.69, 9.17) is 9.94 Å². The second-order valence-electron chi connectivity index (χ2n) is 4.17. The summed E-state index contributed by atoms with van der Waals surface area (Å²) >= 11 is 0. The molecule has 5 heteroatoms. The number of amides is 1. The summed E-state index contributed by atoms with van der Waals surface area (Å²) in [5.41, 5.74) is 1.12. The van der Waals surface area contributed by atoms with Crippen molar-refractivity contribution in [3.63, 3.8) is 0 Å². The minimum atomic E-state index is -0.151. The molecule has 0 bridgehead atoms. The van der Waals surface area contributed by atoms with Crippen molar-refractivity contribution >= 4 is 11.6 Å². The fraction of sp³-hybridized carbons (Fsp3) is 0.429. The summed E-state index contributed by atoms with van der Waals surface area (Å²) in [7, 11) is 0. The van der Waals surface area contributed by atoms with Crippen LogP contribution < -0.4 is 10.1 Å². The molecule has 2 N–H and O–H groups in total. The number of para-hydroxylation sites is 1. The van der Waals surface area contributed by atoms with Crippen molar-refractivity contribution in [1.82, 2.24) is 5.32 Å². The second kappa shape index (κ2) is 8.13. The monoisotopic (exact) mass is 264 g/mol. The van der Waals surface area contributed by atoms with Crippen molar-refractivity contribution in [2.75, 3.05) is 13.2 Å². The van der Waals surface area contributed by atoms with Crippen LogP contribution >= 0.6 is 0 Å². The van der Waals surface area contributed by atoms with Gasteiger partial charge in [0.25, 0.3) is 5.91 Å². The molecule has 0 saturated carbocycles. The van der Waals surface area contributed by atoms with Gasteiger partial charge in [0.05, 0.1) is 5.71 Å². The highest BCUT2D eigenvalue weighted by atomic mass is 16.5. The van der Waals surface area contributed by atoms with Gasteiger partial charge in [-0.1, -0.05) is 30.6 Å². The number of carbonyl (C=O) groups excluding carboxylic acids is 1. The number of ether oxygens (including phenoxy) is 1. The highest BCUT2D eigenvalue weighted by molar-refractivity contribution is 6.00. The summed E-state index contributed by atoms with van der Waals surface area (Å²) in [6, 6.07) is 7.14. The summed E-state index contributed by atoms with van der Waals surface area (Å²) in [4.78, 5) is 11.5. The van der Waals surface area contributed by atoms with Gasteiger partial charge < -0.3 is 15.3 Å². The molecule has 0 atom stereocenters. The molecule has 104 valence electrons. The van der Waals surface area contributed by atoms with Gasteiger partial charge in [-0.25, -0.2) is 0 Å². The minimum Gasteiger partial charge on any atom is -0.483 e. The van der Waals surface area contributed by atoms with E-state index in [2.05, 4.69) is 17.4 Å². The van der Waals surface area contributed by atoms with Gasteiger partial charge in [-0.3, -0.25) is 4.79 Å². The molecular weight excluding hydrogens is 244 g/mol. The van der Waals surface area contributed by atoms with Crippen LogP contribution in [0.25, 0.3) is 0 Å². The van der Waals surface area contributed by atoms with E-state index in [1.54, 1.807) is 25.1 Å². The zero-order chi connectivity index (χ0) is 14.1. The Labute approximate surface area is 113 Å². The maximum Gasteiger partial charge on any atom is 0.257 e. The fourth-order valence-corrected chi connectivity index (χ4v) is 1.54. The van der Waals surface area contributed by atoms with Crippen molar-refractivity contribution in [2.24, 2.45) is 5.16 Å². The summed E-state index contributed by atoms with van der Waals surface area (Å²) in [5.74, 6) is 0.380. The van der Waals surface area contributed by atoms with Crippen LogP contribution in [0.3, 0.4) is 0 Å². The normalized spacial score (nSPS) is 11.2. The quantitative estimate of drug-likeness (QED) is 0.343. The molecule has 1 rings (SSSR count). The Hall–Kier alpha value is -2.04. The van der Waals surface area contributed by atoms with Crippen molar-refractivity contribution in [3.05, 3.63) is 29.8 Å². The summed E-state index contributed by atoms with van der Waals surface area (Å²) in [5, 5.41) is 14.7. The molecule has 0 aliphatic carbocycles. The average Bonchev–Trinajstić information content (AvgIpc) is 2.45. The zero-order valence-corrected chi connectivity index (χ0v) is 11.3. The predicted molar refractivity (Wildman–Crippen MR) is 73.9 cm³/mol. The molecule has 19 heavy (non-hydrogen) atoms. The van der Waals surface area contributed by atoms with Crippen LogP contribution in [0.1, 0.15) is 32.3 Å². The molecule has 5 nitrogen and oxygen atoms in total. The lowest BCUT2D eigenvalue weighted by Gasteiger charge is -2.10. The maximum absolute atomic E-state index is 11.5. The van der Waals surface area contributed by atoms with E-state index < -0.39 is 0 Å². The number of carbonyl (C=O) groups is 1. The molecule has 1 aromatic rings. The first kappa shape index (κ1) is 15.0. The lowest BCUT2D eigenvalue weighted by atomic mass is 10.1. The van der Waals surface area contributed by atoms with Crippen LogP contribution in [0.2, 0.25) is 0 Å². The average molecular weight is 264 g/mol. The second-order valence-corrected chi connectivity index (χ2v) is 4.17. The lowest BCUT2D eigenvalue weighted by Crippen LogP contribution is -2.29. The van der Waals surface area contributed by atoms with Gasteiger partial charge in [-0.05, 0) is 25.5 Å². The zero-order valence-electron chi connectivity index (χ0n) is 11.3. The van der Waals surface area contributed by atoms with Crippen LogP contribution in [0.4, 0.5) is 0 Å². The number of benzene rings is 1. The van der Waals surface area contributed by atoms with E-state index in [0.29, 0.717) is 23.6 Å². The van der Waals surface area contributed by atoms with E-state index in [9.17, 15) is 4.79 Å². The van der Waals surface area contributed by atoms with Crippen LogP contribution in [0, 0.1) is 0 Å². The van der Waals surface area contributed by atoms with Gasteiger partial charge in [-0.15, -0.1) is 0 Å². The predicted octanol–water partition coefficient (Wildman–Crippen LogP) is 2.18. The Morgan fingerprint density at radius 2 is 2.16 bits per heavy atom. The Balaban J connectivity index is 2.56. The molecule has 0 radical (unpaired) electrons. The lowest BCUT2D eigenvalue weighted by molar-refractivity contribution is -0.123. The molecule has 0 aliphatic rings. The first-order valence-electron chi connectivity index (χ1n) is 6.36. The van der Waals surface area contributed by atoms with Crippen LogP contribution in [0.15, 0.2) is 29.4 Å². The Bertz CT molecular complexity index is 444. The molecule has 0 fully saturated rings. The van der Waals surface area contributed by atoms with Crippen LogP contribution in [-0.2, 0) is 4.79 Å². The molecule has 0 heterocycles. The van der Waals surface area contributed by atoms with Gasteiger partial charge in [0.2, 0.25) is 0 Å². The Morgan fingerprint density at radius 3 is 2.84 bits per heavy atom. The Kier molecular flexibility index (Phi) is 6.43. The molecule has 0 saturated heterocycles. The molecule has 1 amide bonds. The summed E-state index contributed by atoms with van der Waals surface area (Å²) < 4.78 is 5.45. The van der Waals surface area contributed by atoms with Gasteiger partial charge in [0.1, 0.15) is 5.75 Å². The van der Waals surface area contributed by atoms with E-state index in [1.807, 2.05) is 6.07 Å². The molecule has 0 spiro atoms. The fourth-order valence-electron chi connectivity index (χ4n) is 1.54. The highest BCUT2D eigenvalue weighted by Gasteiger charge is 2.08. The number of nitrogens with one attached hydrogen (secondary N) is 1. The highest BCUT2D eigenvalue weighted by Crippen LogP contribution is 2.18. The Morgan fingerprint density at radius 1 is 1.42 bits per heavy atom. The molecule has 0 unspecified atom stereocenters. The molecule has 0 aliphatic heterocycles. The number of nitrogens with zero attached hydrogens (tertiary/aromatic N) is 1. The van der Waals surface area contributed by atoms with Crippen molar-refractivity contribution < 1.29 is 14.7 Å². The van der Waals surface area contributed by atoms with Crippen LogP contribution in [0.5, 0.6) is 5.75 Å². The topological polar surface area (TPSA) is 70.9 Å². The number of rotatable bonds is 7. The molecule has 1 aromatic carbocycles. The van der Waals surface area contributed by atoms with E-state index in [0.717, 1.165) is 12.8 Å². The maximum atomic E-state index is 11.5. The van der Waals surface area contributed by atoms with Gasteiger partial charge in [0.15, 0.2) is 6.61 Å². The van der Waals surface area contributed by atoms with Crippen molar-refractivity contribution in [2.45, 2.75) is 26.7 Å². The van der Waals surface area contributed by atoms with E-state index in [1.165, 1.54) is 0 Å². The standard InChI is InChI=1S/C14H20N2O3/c1-3-4-9-15-14(17)10-19-13-8-6-5-7-12(13)11(2)16-18/h5-8,18H,3-4,9-10H2,1-2H3,(H,15,17). The SMILES string of the molecule is CCCCNC(=O)COc1ccccc1C(C)=NO. The van der Waals surface area contributed by atoms with Gasteiger partial charge in [0, 0.05) is 12.1 Å². The summed E-state index contributed by atoms with van der Waals surface area (Å²) in [6.45, 7) is 4.36. The summed E-state index contributed by atoms with van der Waals surface area (Å²) in [6.07, 6.45) is 1.99. The largest absolute Gasteiger partial charge is 0.483 e. The van der Waals surface area contributed by atoms with Crippen molar-refractivity contribution in [1.29, 1.82) is 0 Å². The number of hydrogen-bond acceptors (Lipinski definition) is 4. The third-order valence-electron chi connectivity index (χ3n) is 2.64. The van der Waals surface area contributed by atoms with Crippen LogP contribution in [-0.4, -0.2) is 30.0 Å². The third-order valence-corrected chi connectivity index (χ3v) is 2.64. The number of hydrogen-bond donors (Lipinski definition) is 2. The van der Waals surface area contributed by atoms with Gasteiger partial charge >= 0.3 is 0 Å². The van der Waals surface area contributed by atoms with Gasteiger partial charge in [-0.2, -0.15) is 0 Å². The number of unbranched alkanes of at least 4 members (excludes halogenated alkanes) is 1.